The van der Waals surface area contributed by atoms with Crippen LogP contribution in [0.4, 0.5) is 34.1 Å². The molecule has 10 aromatic rings. The van der Waals surface area contributed by atoms with Gasteiger partial charge in [-0.15, -0.1) is 11.3 Å². The van der Waals surface area contributed by atoms with Gasteiger partial charge in [-0.05, 0) is 150 Å². The molecule has 0 amide bonds. The third kappa shape index (κ3) is 6.29. The molecule has 352 valence electrons. The van der Waals surface area contributed by atoms with Crippen molar-refractivity contribution in [1.29, 1.82) is 0 Å². The van der Waals surface area contributed by atoms with Crippen LogP contribution in [0.2, 0.25) is 0 Å². The SMILES string of the molecule is Cc1ccc(-c2ccccc2)c(-c2ccc3c(c2)N(c2ccc(C(C)(C)C)cc2)c2cc(C)cc4c2B3c2sc3c(c2N4c2ccccc2)-c2ccc(C(C)(C)C)cc2C32c3ccccc3-c3ccccc32)c1. The molecule has 0 atom stereocenters. The topological polar surface area (TPSA) is 6.48 Å². The van der Waals surface area contributed by atoms with Crippen LogP contribution in [0.25, 0.3) is 44.5 Å². The van der Waals surface area contributed by atoms with E-state index >= 15 is 0 Å². The van der Waals surface area contributed by atoms with Gasteiger partial charge in [-0.25, -0.2) is 0 Å². The summed E-state index contributed by atoms with van der Waals surface area (Å²) < 4.78 is 1.40. The third-order valence-electron chi connectivity index (χ3n) is 16.5. The van der Waals surface area contributed by atoms with Gasteiger partial charge in [0.05, 0.1) is 11.1 Å². The van der Waals surface area contributed by atoms with Crippen LogP contribution in [0, 0.1) is 13.8 Å². The lowest BCUT2D eigenvalue weighted by Gasteiger charge is -2.44. The van der Waals surface area contributed by atoms with Crippen molar-refractivity contribution in [1.82, 2.24) is 0 Å². The van der Waals surface area contributed by atoms with Crippen molar-refractivity contribution in [2.75, 3.05) is 9.80 Å². The van der Waals surface area contributed by atoms with Crippen LogP contribution in [0.5, 0.6) is 0 Å². The number of anilines is 6. The Morgan fingerprint density at radius 3 is 1.68 bits per heavy atom. The molecule has 0 bridgehead atoms. The number of rotatable bonds is 4. The Morgan fingerprint density at radius 1 is 0.425 bits per heavy atom. The first kappa shape index (κ1) is 44.1. The number of benzene rings is 9. The molecular weight excluding hydrogens is 900 g/mol. The van der Waals surface area contributed by atoms with Crippen molar-refractivity contribution in [3.05, 3.63) is 244 Å². The van der Waals surface area contributed by atoms with Crippen LogP contribution in [0.1, 0.15) is 85.4 Å². The number of thiophene rings is 1. The second kappa shape index (κ2) is 15.7. The molecule has 1 spiro atoms. The minimum absolute atomic E-state index is 0.0227. The van der Waals surface area contributed by atoms with Crippen molar-refractivity contribution in [3.8, 4) is 44.5 Å². The first-order chi connectivity index (χ1) is 35.3. The number of hydrogen-bond donors (Lipinski definition) is 0. The number of hydrogen-bond acceptors (Lipinski definition) is 3. The van der Waals surface area contributed by atoms with E-state index in [1.165, 1.54) is 132 Å². The molecule has 4 aliphatic rings. The highest BCUT2D eigenvalue weighted by atomic mass is 32.1. The Balaban J connectivity index is 1.10. The Hall–Kier alpha value is -7.66. The van der Waals surface area contributed by atoms with Gasteiger partial charge in [-0.2, -0.15) is 0 Å². The van der Waals surface area contributed by atoms with Crippen LogP contribution in [-0.2, 0) is 16.2 Å². The molecule has 3 heterocycles. The van der Waals surface area contributed by atoms with Crippen LogP contribution in [0.15, 0.2) is 200 Å². The van der Waals surface area contributed by atoms with Crippen LogP contribution in [0.3, 0.4) is 0 Å². The first-order valence-electron chi connectivity index (χ1n) is 26.0. The highest BCUT2D eigenvalue weighted by Crippen LogP contribution is 2.67. The zero-order chi connectivity index (χ0) is 49.7. The van der Waals surface area contributed by atoms with Gasteiger partial charge in [0.15, 0.2) is 0 Å². The maximum Gasteiger partial charge on any atom is 0.264 e. The first-order valence-corrected chi connectivity index (χ1v) is 26.8. The number of aryl methyl sites for hydroxylation is 2. The number of nitrogens with zero attached hydrogens (tertiary/aromatic N) is 2. The zero-order valence-electron chi connectivity index (χ0n) is 42.9. The number of fused-ring (bicyclic) bond motifs is 15. The number of para-hydroxylation sites is 1. The van der Waals surface area contributed by atoms with Gasteiger partial charge in [-0.1, -0.05) is 205 Å². The van der Waals surface area contributed by atoms with Crippen molar-refractivity contribution in [2.24, 2.45) is 0 Å². The van der Waals surface area contributed by atoms with E-state index < -0.39 is 5.41 Å². The van der Waals surface area contributed by atoms with Gasteiger partial charge in [0.2, 0.25) is 0 Å². The van der Waals surface area contributed by atoms with Crippen LogP contribution < -0.4 is 25.5 Å². The van der Waals surface area contributed by atoms with E-state index in [9.17, 15) is 0 Å². The molecule has 2 aliphatic carbocycles. The van der Waals surface area contributed by atoms with E-state index in [4.69, 9.17) is 0 Å². The molecule has 0 radical (unpaired) electrons. The molecule has 0 N–H and O–H groups in total. The van der Waals surface area contributed by atoms with Gasteiger partial charge in [-0.3, -0.25) is 0 Å². The second-order valence-electron chi connectivity index (χ2n) is 23.0. The molecule has 14 rings (SSSR count). The van der Waals surface area contributed by atoms with E-state index in [1.54, 1.807) is 0 Å². The van der Waals surface area contributed by atoms with Crippen LogP contribution >= 0.6 is 11.3 Å². The lowest BCUT2D eigenvalue weighted by molar-refractivity contribution is 0.588. The summed E-state index contributed by atoms with van der Waals surface area (Å²) in [6, 6.07) is 76.8. The summed E-state index contributed by atoms with van der Waals surface area (Å²) in [4.78, 5) is 6.67. The molecular formula is C69H57BN2S. The van der Waals surface area contributed by atoms with E-state index in [0.717, 1.165) is 5.69 Å². The summed E-state index contributed by atoms with van der Waals surface area (Å²) in [6.07, 6.45) is 0. The van der Waals surface area contributed by atoms with Crippen molar-refractivity contribution in [3.63, 3.8) is 0 Å². The molecule has 4 heteroatoms. The van der Waals surface area contributed by atoms with Gasteiger partial charge < -0.3 is 9.80 Å². The van der Waals surface area contributed by atoms with E-state index in [2.05, 4.69) is 277 Å². The molecule has 9 aromatic carbocycles. The quantitative estimate of drug-likeness (QED) is 0.162. The highest BCUT2D eigenvalue weighted by molar-refractivity contribution is 7.30. The van der Waals surface area contributed by atoms with Crippen LogP contribution in [-0.4, -0.2) is 6.71 Å². The van der Waals surface area contributed by atoms with Gasteiger partial charge in [0.25, 0.3) is 6.71 Å². The fourth-order valence-electron chi connectivity index (χ4n) is 13.1. The molecule has 2 aliphatic heterocycles. The summed E-state index contributed by atoms with van der Waals surface area (Å²) in [5.41, 5.74) is 29.2. The largest absolute Gasteiger partial charge is 0.311 e. The molecule has 0 saturated heterocycles. The maximum atomic E-state index is 2.65. The Bertz CT molecular complexity index is 3860. The van der Waals surface area contributed by atoms with Gasteiger partial charge >= 0.3 is 0 Å². The summed E-state index contributed by atoms with van der Waals surface area (Å²) >= 11 is 2.07. The Kier molecular flexibility index (Phi) is 9.46. The van der Waals surface area contributed by atoms with Crippen molar-refractivity contribution in [2.45, 2.75) is 71.6 Å². The smallest absolute Gasteiger partial charge is 0.264 e. The summed E-state index contributed by atoms with van der Waals surface area (Å²) in [6.45, 7) is 18.5. The molecule has 2 nitrogen and oxygen atoms in total. The van der Waals surface area contributed by atoms with E-state index in [-0.39, 0.29) is 17.5 Å². The summed E-state index contributed by atoms with van der Waals surface area (Å²) in [7, 11) is 0. The third-order valence-corrected chi connectivity index (χ3v) is 17.8. The molecule has 0 unspecified atom stereocenters. The average Bonchev–Trinajstić information content (AvgIpc) is 4.03. The molecule has 73 heavy (non-hydrogen) atoms. The minimum atomic E-state index is -0.490. The molecule has 0 saturated carbocycles. The predicted molar refractivity (Wildman–Crippen MR) is 312 cm³/mol. The van der Waals surface area contributed by atoms with Crippen molar-refractivity contribution < 1.29 is 0 Å². The Morgan fingerprint density at radius 2 is 1.01 bits per heavy atom. The lowest BCUT2D eigenvalue weighted by atomic mass is 9.36. The van der Waals surface area contributed by atoms with Crippen molar-refractivity contribution >= 4 is 67.9 Å². The molecule has 0 fully saturated rings. The second-order valence-corrected chi connectivity index (χ2v) is 24.1. The van der Waals surface area contributed by atoms with Gasteiger partial charge in [0.1, 0.15) is 0 Å². The maximum absolute atomic E-state index is 2.65. The normalized spacial score (nSPS) is 14.3. The Labute approximate surface area is 435 Å². The fourth-order valence-corrected chi connectivity index (χ4v) is 14.7. The summed E-state index contributed by atoms with van der Waals surface area (Å²) in [5, 5.41) is 0. The predicted octanol–water partition coefficient (Wildman–Crippen LogP) is 16.7. The molecule has 1 aromatic heterocycles. The fraction of sp³-hybridized carbons (Fsp3) is 0.159. The average molecular weight is 957 g/mol. The van der Waals surface area contributed by atoms with E-state index in [1.807, 2.05) is 0 Å². The minimum Gasteiger partial charge on any atom is -0.311 e. The van der Waals surface area contributed by atoms with E-state index in [0.29, 0.717) is 0 Å². The highest BCUT2D eigenvalue weighted by Gasteiger charge is 2.57. The standard InChI is InChI=1S/C69H57BN2S/c1-42-27-34-50(44-19-11-9-12-20-44)54(37-42)45-28-36-58-59(40-45)71(49-32-29-46(30-33-49)67(3,4)5)60-38-43(2)39-61-63(60)70(58)66-64(72(61)48-21-13-10-14-22-48)62-53-35-31-47(68(6,7)8)41-57(53)69(65(62)73-66)55-25-17-15-23-51(55)52-24-16-18-26-56(52)69/h9-41H,1-8H3. The summed E-state index contributed by atoms with van der Waals surface area (Å²) in [5.74, 6) is 0. The zero-order valence-corrected chi connectivity index (χ0v) is 43.7. The van der Waals surface area contributed by atoms with Gasteiger partial charge in [0, 0.05) is 43.7 Å². The lowest BCUT2D eigenvalue weighted by Crippen LogP contribution is -2.60. The monoisotopic (exact) mass is 956 g/mol.